The highest BCUT2D eigenvalue weighted by molar-refractivity contribution is 7.03. The minimum absolute atomic E-state index is 0.482. The molecule has 0 bridgehead atoms. The third-order valence-corrected chi connectivity index (χ3v) is 2.04. The third-order valence-electron chi connectivity index (χ3n) is 1.52. The van der Waals surface area contributed by atoms with Crippen molar-refractivity contribution in [2.24, 2.45) is 0 Å². The van der Waals surface area contributed by atoms with Crippen LogP contribution in [0.3, 0.4) is 0 Å². The quantitative estimate of drug-likeness (QED) is 0.749. The zero-order valence-electron chi connectivity index (χ0n) is 6.53. The molecule has 5 nitrogen and oxygen atoms in total. The second kappa shape index (κ2) is 3.55. The van der Waals surface area contributed by atoms with Gasteiger partial charge in [0.05, 0.1) is 11.9 Å². The van der Waals surface area contributed by atoms with Crippen LogP contribution in [0.2, 0.25) is 0 Å². The number of rotatable bonds is 2. The fourth-order valence-electron chi connectivity index (χ4n) is 0.894. The first-order valence-electron chi connectivity index (χ1n) is 3.59. The zero-order valence-corrected chi connectivity index (χ0v) is 7.35. The molecule has 0 aromatic carbocycles. The first-order valence-corrected chi connectivity index (χ1v) is 4.42. The SMILES string of the molecule is OC(c1cnccn1)c1csnn1. The lowest BCUT2D eigenvalue weighted by atomic mass is 10.2. The van der Waals surface area contributed by atoms with Crippen molar-refractivity contribution in [3.63, 3.8) is 0 Å². The van der Waals surface area contributed by atoms with Crippen LogP contribution in [0.25, 0.3) is 0 Å². The van der Waals surface area contributed by atoms with Crippen LogP contribution in [0.15, 0.2) is 24.0 Å². The molecule has 66 valence electrons. The second-order valence-electron chi connectivity index (χ2n) is 2.36. The average Bonchev–Trinajstić information content (AvgIpc) is 2.71. The Morgan fingerprint density at radius 1 is 1.31 bits per heavy atom. The highest BCUT2D eigenvalue weighted by Gasteiger charge is 2.13. The smallest absolute Gasteiger partial charge is 0.142 e. The summed E-state index contributed by atoms with van der Waals surface area (Å²) in [6, 6.07) is 0. The Labute approximate surface area is 78.3 Å². The molecule has 1 N–H and O–H groups in total. The van der Waals surface area contributed by atoms with E-state index in [1.807, 2.05) is 0 Å². The van der Waals surface area contributed by atoms with Crippen molar-refractivity contribution < 1.29 is 5.11 Å². The fourth-order valence-corrected chi connectivity index (χ4v) is 1.37. The van der Waals surface area contributed by atoms with E-state index in [2.05, 4.69) is 19.6 Å². The molecule has 0 amide bonds. The van der Waals surface area contributed by atoms with Crippen LogP contribution in [0.5, 0.6) is 0 Å². The number of aliphatic hydroxyl groups excluding tert-OH is 1. The Morgan fingerprint density at radius 2 is 2.23 bits per heavy atom. The van der Waals surface area contributed by atoms with E-state index < -0.39 is 6.10 Å². The van der Waals surface area contributed by atoms with E-state index in [0.29, 0.717) is 11.4 Å². The van der Waals surface area contributed by atoms with Gasteiger partial charge in [0.2, 0.25) is 0 Å². The topological polar surface area (TPSA) is 71.8 Å². The summed E-state index contributed by atoms with van der Waals surface area (Å²) < 4.78 is 3.65. The van der Waals surface area contributed by atoms with Gasteiger partial charge >= 0.3 is 0 Å². The van der Waals surface area contributed by atoms with E-state index >= 15 is 0 Å². The van der Waals surface area contributed by atoms with Crippen LogP contribution >= 0.6 is 11.5 Å². The van der Waals surface area contributed by atoms with Crippen molar-refractivity contribution in [1.29, 1.82) is 0 Å². The number of aromatic nitrogens is 4. The van der Waals surface area contributed by atoms with Crippen LogP contribution in [0.1, 0.15) is 17.5 Å². The number of aliphatic hydroxyl groups is 1. The highest BCUT2D eigenvalue weighted by Crippen LogP contribution is 2.16. The average molecular weight is 194 g/mol. The van der Waals surface area contributed by atoms with E-state index in [4.69, 9.17) is 0 Å². The summed E-state index contributed by atoms with van der Waals surface area (Å²) >= 11 is 1.19. The standard InChI is InChI=1S/C7H6N4OS/c12-7(6-4-13-11-10-6)5-3-8-1-2-9-5/h1-4,7,12H. The molecule has 1 atom stereocenters. The molecule has 0 aliphatic heterocycles. The van der Waals surface area contributed by atoms with Gasteiger partial charge in [-0.1, -0.05) is 4.49 Å². The lowest BCUT2D eigenvalue weighted by Gasteiger charge is -2.03. The predicted octanol–water partition coefficient (Wildman–Crippen LogP) is 0.410. The monoisotopic (exact) mass is 194 g/mol. The molecule has 0 aliphatic carbocycles. The molecule has 0 fully saturated rings. The van der Waals surface area contributed by atoms with Gasteiger partial charge in [-0.15, -0.1) is 5.10 Å². The zero-order chi connectivity index (χ0) is 9.10. The molecule has 2 aromatic heterocycles. The summed E-state index contributed by atoms with van der Waals surface area (Å²) in [5.41, 5.74) is 0.987. The summed E-state index contributed by atoms with van der Waals surface area (Å²) in [4.78, 5) is 7.81. The lowest BCUT2D eigenvalue weighted by molar-refractivity contribution is 0.210. The molecule has 2 rings (SSSR count). The van der Waals surface area contributed by atoms with E-state index in [1.165, 1.54) is 23.9 Å². The predicted molar refractivity (Wildman–Crippen MR) is 46.0 cm³/mol. The van der Waals surface area contributed by atoms with Crippen LogP contribution in [0.4, 0.5) is 0 Å². The Morgan fingerprint density at radius 3 is 2.85 bits per heavy atom. The van der Waals surface area contributed by atoms with Crippen molar-refractivity contribution in [3.05, 3.63) is 35.4 Å². The Bertz CT molecular complexity index is 363. The number of hydrogen-bond acceptors (Lipinski definition) is 6. The van der Waals surface area contributed by atoms with Gasteiger partial charge in [0, 0.05) is 17.8 Å². The minimum Gasteiger partial charge on any atom is -0.380 e. The van der Waals surface area contributed by atoms with E-state index in [0.717, 1.165) is 0 Å². The van der Waals surface area contributed by atoms with Crippen molar-refractivity contribution in [1.82, 2.24) is 19.6 Å². The molecule has 0 aliphatic rings. The fraction of sp³-hybridized carbons (Fsp3) is 0.143. The van der Waals surface area contributed by atoms with Crippen LogP contribution in [-0.2, 0) is 0 Å². The van der Waals surface area contributed by atoms with E-state index in [9.17, 15) is 5.11 Å². The van der Waals surface area contributed by atoms with Gasteiger partial charge in [-0.25, -0.2) is 0 Å². The van der Waals surface area contributed by atoms with E-state index in [1.54, 1.807) is 11.6 Å². The van der Waals surface area contributed by atoms with Gasteiger partial charge in [0.15, 0.2) is 0 Å². The van der Waals surface area contributed by atoms with E-state index in [-0.39, 0.29) is 0 Å². The van der Waals surface area contributed by atoms with Crippen molar-refractivity contribution in [2.45, 2.75) is 6.10 Å². The molecule has 0 saturated carbocycles. The lowest BCUT2D eigenvalue weighted by Crippen LogP contribution is -2.02. The molecule has 2 heterocycles. The van der Waals surface area contributed by atoms with Gasteiger partial charge < -0.3 is 5.11 Å². The Hall–Kier alpha value is -1.40. The molecule has 6 heteroatoms. The Kier molecular flexibility index (Phi) is 2.24. The van der Waals surface area contributed by atoms with Crippen molar-refractivity contribution >= 4 is 11.5 Å². The first-order chi connectivity index (χ1) is 6.38. The van der Waals surface area contributed by atoms with Gasteiger partial charge in [0.1, 0.15) is 11.8 Å². The van der Waals surface area contributed by atoms with Gasteiger partial charge in [-0.2, -0.15) is 0 Å². The van der Waals surface area contributed by atoms with Crippen LogP contribution in [0, 0.1) is 0 Å². The molecule has 0 spiro atoms. The Balaban J connectivity index is 2.29. The molecule has 0 saturated heterocycles. The summed E-state index contributed by atoms with van der Waals surface area (Å²) in [6.07, 6.45) is 3.75. The summed E-state index contributed by atoms with van der Waals surface area (Å²) in [5.74, 6) is 0. The molecular formula is C7H6N4OS. The summed E-state index contributed by atoms with van der Waals surface area (Å²) in [5, 5.41) is 15.1. The van der Waals surface area contributed by atoms with Gasteiger partial charge in [0.25, 0.3) is 0 Å². The van der Waals surface area contributed by atoms with Crippen molar-refractivity contribution in [3.8, 4) is 0 Å². The molecule has 13 heavy (non-hydrogen) atoms. The molecule has 0 radical (unpaired) electrons. The minimum atomic E-state index is -0.826. The first kappa shape index (κ1) is 8.21. The highest BCUT2D eigenvalue weighted by atomic mass is 32.1. The normalized spacial score (nSPS) is 12.7. The summed E-state index contributed by atoms with van der Waals surface area (Å²) in [7, 11) is 0. The largest absolute Gasteiger partial charge is 0.380 e. The maximum absolute atomic E-state index is 9.68. The third kappa shape index (κ3) is 1.68. The van der Waals surface area contributed by atoms with Crippen LogP contribution < -0.4 is 0 Å². The summed E-state index contributed by atoms with van der Waals surface area (Å²) in [6.45, 7) is 0. The number of hydrogen-bond donors (Lipinski definition) is 1. The van der Waals surface area contributed by atoms with Gasteiger partial charge in [-0.3, -0.25) is 9.97 Å². The van der Waals surface area contributed by atoms with Crippen LogP contribution in [-0.4, -0.2) is 24.7 Å². The second-order valence-corrected chi connectivity index (χ2v) is 2.97. The molecular weight excluding hydrogens is 188 g/mol. The maximum Gasteiger partial charge on any atom is 0.142 e. The maximum atomic E-state index is 9.68. The number of nitrogens with zero attached hydrogens (tertiary/aromatic N) is 4. The van der Waals surface area contributed by atoms with Gasteiger partial charge in [-0.05, 0) is 11.5 Å². The van der Waals surface area contributed by atoms with Crippen molar-refractivity contribution in [2.75, 3.05) is 0 Å². The molecule has 2 aromatic rings. The molecule has 1 unspecified atom stereocenters.